The molecule has 0 radical (unpaired) electrons. The van der Waals surface area contributed by atoms with Gasteiger partial charge in [-0.3, -0.25) is 0 Å². The highest BCUT2D eigenvalue weighted by atomic mass is 19.4. The molecule has 1 aromatic carbocycles. The van der Waals surface area contributed by atoms with E-state index in [1.54, 1.807) is 6.07 Å². The van der Waals surface area contributed by atoms with E-state index in [2.05, 4.69) is 0 Å². The molecule has 0 unspecified atom stereocenters. The summed E-state index contributed by atoms with van der Waals surface area (Å²) in [6.45, 7) is 0. The van der Waals surface area contributed by atoms with Crippen LogP contribution >= 0.6 is 0 Å². The zero-order valence-electron chi connectivity index (χ0n) is 6.97. The van der Waals surface area contributed by atoms with Crippen LogP contribution in [-0.4, -0.2) is 5.11 Å². The quantitative estimate of drug-likeness (QED) is 0.758. The summed E-state index contributed by atoms with van der Waals surface area (Å²) in [5, 5.41) is 17.4. The van der Waals surface area contributed by atoms with E-state index in [0.717, 1.165) is 18.2 Å². The van der Waals surface area contributed by atoms with Gasteiger partial charge in [0.15, 0.2) is 0 Å². The molecule has 74 valence electrons. The number of halogens is 3. The van der Waals surface area contributed by atoms with Gasteiger partial charge >= 0.3 is 6.18 Å². The molecule has 0 aromatic heterocycles. The predicted molar refractivity (Wildman–Crippen MR) is 42.4 cm³/mol. The van der Waals surface area contributed by atoms with Crippen LogP contribution in [0.25, 0.3) is 0 Å². The van der Waals surface area contributed by atoms with Gasteiger partial charge in [-0.05, 0) is 12.1 Å². The first kappa shape index (κ1) is 10.4. The van der Waals surface area contributed by atoms with Crippen molar-refractivity contribution in [2.45, 2.75) is 12.6 Å². The second kappa shape index (κ2) is 3.58. The minimum Gasteiger partial charge on any atom is -0.508 e. The Morgan fingerprint density at radius 2 is 2.00 bits per heavy atom. The van der Waals surface area contributed by atoms with Gasteiger partial charge in [-0.25, -0.2) is 0 Å². The Hall–Kier alpha value is -1.70. The summed E-state index contributed by atoms with van der Waals surface area (Å²) in [4.78, 5) is 0. The van der Waals surface area contributed by atoms with Crippen LogP contribution in [0.3, 0.4) is 0 Å². The van der Waals surface area contributed by atoms with Crippen molar-refractivity contribution in [3.05, 3.63) is 29.3 Å². The molecule has 1 aromatic rings. The molecule has 5 heteroatoms. The first-order valence-electron chi connectivity index (χ1n) is 3.72. The van der Waals surface area contributed by atoms with Crippen LogP contribution in [0.1, 0.15) is 11.1 Å². The molecule has 0 aliphatic heterocycles. The number of nitrogens with zero attached hydrogens (tertiary/aromatic N) is 1. The lowest BCUT2D eigenvalue weighted by Crippen LogP contribution is -2.08. The zero-order chi connectivity index (χ0) is 10.8. The largest absolute Gasteiger partial charge is 0.508 e. The maximum atomic E-state index is 12.3. The topological polar surface area (TPSA) is 44.0 Å². The van der Waals surface area contributed by atoms with Gasteiger partial charge in [-0.15, -0.1) is 0 Å². The highest BCUT2D eigenvalue weighted by molar-refractivity contribution is 5.42. The van der Waals surface area contributed by atoms with Gasteiger partial charge in [0.05, 0.1) is 18.1 Å². The highest BCUT2D eigenvalue weighted by Gasteiger charge is 2.34. The third-order valence-corrected chi connectivity index (χ3v) is 1.71. The predicted octanol–water partition coefficient (Wildman–Crippen LogP) is 2.48. The Morgan fingerprint density at radius 3 is 2.50 bits per heavy atom. The van der Waals surface area contributed by atoms with Crippen LogP contribution in [0.15, 0.2) is 18.2 Å². The summed E-state index contributed by atoms with van der Waals surface area (Å²) < 4.78 is 37.0. The van der Waals surface area contributed by atoms with Crippen LogP contribution in [0.4, 0.5) is 13.2 Å². The van der Waals surface area contributed by atoms with Crippen molar-refractivity contribution in [1.29, 1.82) is 5.26 Å². The minimum absolute atomic E-state index is 0.373. The Morgan fingerprint density at radius 1 is 1.36 bits per heavy atom. The Labute approximate surface area is 78.2 Å². The monoisotopic (exact) mass is 201 g/mol. The number of phenols is 1. The van der Waals surface area contributed by atoms with Crippen LogP contribution in [-0.2, 0) is 12.6 Å². The van der Waals surface area contributed by atoms with E-state index < -0.39 is 23.9 Å². The van der Waals surface area contributed by atoms with Crippen molar-refractivity contribution >= 4 is 0 Å². The number of hydrogen-bond acceptors (Lipinski definition) is 2. The molecule has 0 fully saturated rings. The van der Waals surface area contributed by atoms with Crippen LogP contribution in [0, 0.1) is 11.3 Å². The van der Waals surface area contributed by atoms with E-state index in [-0.39, 0.29) is 5.56 Å². The Bertz CT molecular complexity index is 379. The fourth-order valence-electron chi connectivity index (χ4n) is 1.11. The van der Waals surface area contributed by atoms with Crippen molar-refractivity contribution in [2.75, 3.05) is 0 Å². The standard InChI is InChI=1S/C9H6F3NO/c10-9(11,12)7-2-1-3-8(14)6(7)4-5-13/h1-3,14H,4H2. The molecule has 0 spiro atoms. The summed E-state index contributed by atoms with van der Waals surface area (Å²) in [5.41, 5.74) is -1.33. The molecule has 0 bridgehead atoms. The molecular weight excluding hydrogens is 195 g/mol. The zero-order valence-corrected chi connectivity index (χ0v) is 6.97. The smallest absolute Gasteiger partial charge is 0.416 e. The molecule has 0 aliphatic rings. The number of phenolic OH excluding ortho intramolecular Hbond substituents is 1. The number of benzene rings is 1. The summed E-state index contributed by atoms with van der Waals surface area (Å²) in [6.07, 6.45) is -4.99. The second-order valence-corrected chi connectivity index (χ2v) is 2.64. The molecule has 2 nitrogen and oxygen atoms in total. The number of aromatic hydroxyl groups is 1. The molecule has 14 heavy (non-hydrogen) atoms. The summed E-state index contributed by atoms with van der Waals surface area (Å²) in [6, 6.07) is 4.64. The fourth-order valence-corrected chi connectivity index (χ4v) is 1.11. The fraction of sp³-hybridized carbons (Fsp3) is 0.222. The first-order valence-corrected chi connectivity index (χ1v) is 3.72. The van der Waals surface area contributed by atoms with E-state index in [1.807, 2.05) is 0 Å². The van der Waals surface area contributed by atoms with Crippen LogP contribution in [0.5, 0.6) is 5.75 Å². The van der Waals surface area contributed by atoms with Crippen molar-refractivity contribution in [1.82, 2.24) is 0 Å². The number of hydrogen-bond donors (Lipinski definition) is 1. The maximum Gasteiger partial charge on any atom is 0.416 e. The first-order chi connectivity index (χ1) is 6.46. The molecule has 0 amide bonds. The molecule has 0 aliphatic carbocycles. The molecule has 0 saturated carbocycles. The van der Waals surface area contributed by atoms with E-state index in [0.29, 0.717) is 0 Å². The average molecular weight is 201 g/mol. The van der Waals surface area contributed by atoms with Gasteiger partial charge in [0.25, 0.3) is 0 Å². The maximum absolute atomic E-state index is 12.3. The van der Waals surface area contributed by atoms with Gasteiger partial charge in [-0.1, -0.05) is 6.07 Å². The lowest BCUT2D eigenvalue weighted by molar-refractivity contribution is -0.138. The van der Waals surface area contributed by atoms with Gasteiger partial charge in [0, 0.05) is 5.56 Å². The normalized spacial score (nSPS) is 11.0. The van der Waals surface area contributed by atoms with E-state index in [4.69, 9.17) is 10.4 Å². The van der Waals surface area contributed by atoms with E-state index in [1.165, 1.54) is 0 Å². The highest BCUT2D eigenvalue weighted by Crippen LogP contribution is 2.35. The molecule has 1 N–H and O–H groups in total. The van der Waals surface area contributed by atoms with Gasteiger partial charge in [0.1, 0.15) is 5.75 Å². The average Bonchev–Trinajstić information content (AvgIpc) is 2.07. The van der Waals surface area contributed by atoms with Crippen LogP contribution < -0.4 is 0 Å². The Kier molecular flexibility index (Phi) is 2.65. The lowest BCUT2D eigenvalue weighted by Gasteiger charge is -2.11. The van der Waals surface area contributed by atoms with Crippen molar-refractivity contribution in [3.8, 4) is 11.8 Å². The molecular formula is C9H6F3NO. The summed E-state index contributed by atoms with van der Waals surface area (Å²) in [5.74, 6) is -0.499. The lowest BCUT2D eigenvalue weighted by atomic mass is 10.0. The third kappa shape index (κ3) is 1.96. The van der Waals surface area contributed by atoms with E-state index >= 15 is 0 Å². The summed E-state index contributed by atoms with van der Waals surface area (Å²) in [7, 11) is 0. The SMILES string of the molecule is N#CCc1c(O)cccc1C(F)(F)F. The van der Waals surface area contributed by atoms with Gasteiger partial charge in [-0.2, -0.15) is 18.4 Å². The van der Waals surface area contributed by atoms with Crippen LogP contribution in [0.2, 0.25) is 0 Å². The molecule has 0 heterocycles. The van der Waals surface area contributed by atoms with Crippen molar-refractivity contribution in [3.63, 3.8) is 0 Å². The third-order valence-electron chi connectivity index (χ3n) is 1.71. The molecule has 0 atom stereocenters. The number of rotatable bonds is 1. The molecule has 0 saturated heterocycles. The number of nitriles is 1. The van der Waals surface area contributed by atoms with Crippen molar-refractivity contribution < 1.29 is 18.3 Å². The minimum atomic E-state index is -4.54. The molecule has 1 rings (SSSR count). The van der Waals surface area contributed by atoms with Crippen molar-refractivity contribution in [2.24, 2.45) is 0 Å². The van der Waals surface area contributed by atoms with Gasteiger partial charge < -0.3 is 5.11 Å². The summed E-state index contributed by atoms with van der Waals surface area (Å²) >= 11 is 0. The Balaban J connectivity index is 3.30. The number of alkyl halides is 3. The van der Waals surface area contributed by atoms with E-state index in [9.17, 15) is 13.2 Å². The van der Waals surface area contributed by atoms with Gasteiger partial charge in [0.2, 0.25) is 0 Å². The second-order valence-electron chi connectivity index (χ2n) is 2.64.